The largest absolute Gasteiger partial charge is 0.393 e. The summed E-state index contributed by atoms with van der Waals surface area (Å²) < 4.78 is 5.07. The fraction of sp³-hybridized carbons (Fsp3) is 0.647. The van der Waals surface area contributed by atoms with E-state index in [1.807, 2.05) is 0 Å². The van der Waals surface area contributed by atoms with Crippen molar-refractivity contribution in [3.05, 3.63) is 29.8 Å². The summed E-state index contributed by atoms with van der Waals surface area (Å²) in [6.45, 7) is 4.57. The maximum Gasteiger partial charge on any atom is 0.0588 e. The van der Waals surface area contributed by atoms with Crippen LogP contribution >= 0.6 is 0 Å². The molecule has 1 heterocycles. The van der Waals surface area contributed by atoms with Gasteiger partial charge in [0.1, 0.15) is 0 Å². The van der Waals surface area contributed by atoms with Crippen molar-refractivity contribution in [2.24, 2.45) is 11.8 Å². The Labute approximate surface area is 127 Å². The van der Waals surface area contributed by atoms with E-state index in [-0.39, 0.29) is 6.10 Å². The Morgan fingerprint density at radius 1 is 1.29 bits per heavy atom. The molecule has 1 aromatic carbocycles. The minimum absolute atomic E-state index is 0.0907. The van der Waals surface area contributed by atoms with Gasteiger partial charge in [0.25, 0.3) is 0 Å². The number of hydrogen-bond acceptors (Lipinski definition) is 4. The predicted octanol–water partition coefficient (Wildman–Crippen LogP) is 1.63. The number of para-hydroxylation sites is 1. The van der Waals surface area contributed by atoms with Crippen LogP contribution in [0.1, 0.15) is 18.4 Å². The third kappa shape index (κ3) is 3.23. The molecule has 0 bridgehead atoms. The van der Waals surface area contributed by atoms with E-state index in [9.17, 15) is 5.11 Å². The van der Waals surface area contributed by atoms with Crippen molar-refractivity contribution in [3.63, 3.8) is 0 Å². The highest BCUT2D eigenvalue weighted by molar-refractivity contribution is 5.54. The molecule has 3 rings (SSSR count). The monoisotopic (exact) mass is 290 g/mol. The lowest BCUT2D eigenvalue weighted by Gasteiger charge is -2.23. The van der Waals surface area contributed by atoms with Gasteiger partial charge in [-0.05, 0) is 30.4 Å². The van der Waals surface area contributed by atoms with E-state index in [1.165, 1.54) is 17.7 Å². The third-order valence-corrected chi connectivity index (χ3v) is 4.95. The van der Waals surface area contributed by atoms with Crippen molar-refractivity contribution >= 4 is 5.69 Å². The number of benzene rings is 1. The molecular formula is C17H26N2O2. The summed E-state index contributed by atoms with van der Waals surface area (Å²) in [6.07, 6.45) is 2.08. The van der Waals surface area contributed by atoms with Crippen molar-refractivity contribution < 1.29 is 9.84 Å². The van der Waals surface area contributed by atoms with Gasteiger partial charge in [-0.1, -0.05) is 18.2 Å². The van der Waals surface area contributed by atoms with Crippen LogP contribution in [0.3, 0.4) is 0 Å². The number of methoxy groups -OCH3 is 1. The first-order valence-electron chi connectivity index (χ1n) is 8.00. The van der Waals surface area contributed by atoms with Gasteiger partial charge in [-0.2, -0.15) is 0 Å². The lowest BCUT2D eigenvalue weighted by Crippen LogP contribution is -2.26. The normalized spacial score (nSPS) is 28.1. The molecule has 2 N–H and O–H groups in total. The highest BCUT2D eigenvalue weighted by Gasteiger charge is 2.42. The summed E-state index contributed by atoms with van der Waals surface area (Å²) in [5, 5.41) is 13.5. The van der Waals surface area contributed by atoms with Gasteiger partial charge in [-0.3, -0.25) is 0 Å². The molecule has 0 aromatic heterocycles. The van der Waals surface area contributed by atoms with E-state index < -0.39 is 0 Å². The number of ether oxygens (including phenoxy) is 1. The second kappa shape index (κ2) is 6.77. The zero-order chi connectivity index (χ0) is 14.7. The van der Waals surface area contributed by atoms with Crippen LogP contribution in [0.15, 0.2) is 24.3 Å². The molecule has 1 aromatic rings. The Hall–Kier alpha value is -1.10. The predicted molar refractivity (Wildman–Crippen MR) is 84.5 cm³/mol. The van der Waals surface area contributed by atoms with Crippen LogP contribution in [0.2, 0.25) is 0 Å². The molecule has 2 fully saturated rings. The lowest BCUT2D eigenvalue weighted by atomic mass is 10.00. The van der Waals surface area contributed by atoms with E-state index in [2.05, 4.69) is 34.5 Å². The second-order valence-electron chi connectivity index (χ2n) is 6.27. The summed E-state index contributed by atoms with van der Waals surface area (Å²) in [4.78, 5) is 2.46. The molecular weight excluding hydrogens is 264 g/mol. The molecule has 21 heavy (non-hydrogen) atoms. The van der Waals surface area contributed by atoms with E-state index in [1.54, 1.807) is 7.11 Å². The SMILES string of the molecule is COCCNCc1ccccc1N1CC2CCC(O)C2C1. The van der Waals surface area contributed by atoms with Crippen molar-refractivity contribution in [3.8, 4) is 0 Å². The van der Waals surface area contributed by atoms with E-state index in [4.69, 9.17) is 4.74 Å². The van der Waals surface area contributed by atoms with Crippen LogP contribution in [0.4, 0.5) is 5.69 Å². The minimum Gasteiger partial charge on any atom is -0.393 e. The highest BCUT2D eigenvalue weighted by Crippen LogP contribution is 2.40. The van der Waals surface area contributed by atoms with Crippen LogP contribution in [0, 0.1) is 11.8 Å². The molecule has 1 aliphatic carbocycles. The van der Waals surface area contributed by atoms with Crippen LogP contribution in [0.5, 0.6) is 0 Å². The highest BCUT2D eigenvalue weighted by atomic mass is 16.5. The first-order chi connectivity index (χ1) is 10.3. The first-order valence-corrected chi connectivity index (χ1v) is 8.00. The smallest absolute Gasteiger partial charge is 0.0588 e. The minimum atomic E-state index is -0.0907. The van der Waals surface area contributed by atoms with E-state index in [0.717, 1.165) is 39.2 Å². The average Bonchev–Trinajstić information content (AvgIpc) is 3.07. The van der Waals surface area contributed by atoms with Crippen molar-refractivity contribution in [2.45, 2.75) is 25.5 Å². The van der Waals surface area contributed by atoms with E-state index in [0.29, 0.717) is 11.8 Å². The maximum atomic E-state index is 10.1. The quantitative estimate of drug-likeness (QED) is 0.782. The molecule has 3 unspecified atom stereocenters. The van der Waals surface area contributed by atoms with Gasteiger partial charge in [-0.15, -0.1) is 0 Å². The van der Waals surface area contributed by atoms with Crippen molar-refractivity contribution in [2.75, 3.05) is 38.3 Å². The first kappa shape index (κ1) is 14.8. The molecule has 0 amide bonds. The van der Waals surface area contributed by atoms with Crippen LogP contribution in [-0.4, -0.2) is 44.6 Å². The molecule has 0 spiro atoms. The summed E-state index contributed by atoms with van der Waals surface area (Å²) in [6, 6.07) is 8.61. The molecule has 4 nitrogen and oxygen atoms in total. The van der Waals surface area contributed by atoms with Gasteiger partial charge in [0, 0.05) is 44.9 Å². The second-order valence-corrected chi connectivity index (χ2v) is 6.27. The summed E-state index contributed by atoms with van der Waals surface area (Å²) in [5.74, 6) is 1.15. The van der Waals surface area contributed by atoms with Gasteiger partial charge in [0.2, 0.25) is 0 Å². The zero-order valence-electron chi connectivity index (χ0n) is 12.8. The number of aliphatic hydroxyl groups is 1. The Kier molecular flexibility index (Phi) is 4.78. The fourth-order valence-electron chi connectivity index (χ4n) is 3.80. The van der Waals surface area contributed by atoms with Crippen molar-refractivity contribution in [1.29, 1.82) is 0 Å². The summed E-state index contributed by atoms with van der Waals surface area (Å²) in [5.41, 5.74) is 2.66. The van der Waals surface area contributed by atoms with Gasteiger partial charge < -0.3 is 20.1 Å². The van der Waals surface area contributed by atoms with Gasteiger partial charge >= 0.3 is 0 Å². The van der Waals surface area contributed by atoms with Crippen molar-refractivity contribution in [1.82, 2.24) is 5.32 Å². The standard InChI is InChI=1S/C17H26N2O2/c1-21-9-8-18-10-13-4-2-3-5-16(13)19-11-14-6-7-17(20)15(14)12-19/h2-5,14-15,17-18,20H,6-12H2,1H3. The Bertz CT molecular complexity index is 466. The van der Waals surface area contributed by atoms with Crippen LogP contribution < -0.4 is 10.2 Å². The Balaban J connectivity index is 1.65. The number of anilines is 1. The number of fused-ring (bicyclic) bond motifs is 1. The number of nitrogens with one attached hydrogen (secondary N) is 1. The molecule has 0 radical (unpaired) electrons. The molecule has 3 atom stereocenters. The zero-order valence-corrected chi connectivity index (χ0v) is 12.8. The molecule has 2 aliphatic rings. The van der Waals surface area contributed by atoms with Gasteiger partial charge in [0.15, 0.2) is 0 Å². The number of rotatable bonds is 6. The summed E-state index contributed by atoms with van der Waals surface area (Å²) in [7, 11) is 1.73. The average molecular weight is 290 g/mol. The van der Waals surface area contributed by atoms with E-state index >= 15 is 0 Å². The van der Waals surface area contributed by atoms with Crippen LogP contribution in [0.25, 0.3) is 0 Å². The lowest BCUT2D eigenvalue weighted by molar-refractivity contribution is 0.133. The number of aliphatic hydroxyl groups excluding tert-OH is 1. The number of nitrogens with zero attached hydrogens (tertiary/aromatic N) is 1. The van der Waals surface area contributed by atoms with Gasteiger partial charge in [-0.25, -0.2) is 0 Å². The summed E-state index contributed by atoms with van der Waals surface area (Å²) >= 11 is 0. The topological polar surface area (TPSA) is 44.7 Å². The fourth-order valence-corrected chi connectivity index (χ4v) is 3.80. The van der Waals surface area contributed by atoms with Gasteiger partial charge in [0.05, 0.1) is 12.7 Å². The number of hydrogen-bond donors (Lipinski definition) is 2. The molecule has 4 heteroatoms. The maximum absolute atomic E-state index is 10.1. The molecule has 116 valence electrons. The molecule has 1 saturated heterocycles. The molecule has 1 saturated carbocycles. The molecule has 1 aliphatic heterocycles. The Morgan fingerprint density at radius 2 is 2.14 bits per heavy atom. The van der Waals surface area contributed by atoms with Crippen LogP contribution in [-0.2, 0) is 11.3 Å². The Morgan fingerprint density at radius 3 is 2.95 bits per heavy atom. The third-order valence-electron chi connectivity index (χ3n) is 4.95.